The number of anilines is 5. The van der Waals surface area contributed by atoms with Crippen LogP contribution in [0.5, 0.6) is 0 Å². The van der Waals surface area contributed by atoms with Gasteiger partial charge in [-0.3, -0.25) is 0 Å². The molecule has 11 rings (SSSR count). The molecule has 0 saturated heterocycles. The van der Waals surface area contributed by atoms with Gasteiger partial charge in [-0.2, -0.15) is 0 Å². The van der Waals surface area contributed by atoms with Crippen LogP contribution in [0.3, 0.4) is 0 Å². The summed E-state index contributed by atoms with van der Waals surface area (Å²) in [6.07, 6.45) is 7.82. The van der Waals surface area contributed by atoms with Gasteiger partial charge in [-0.1, -0.05) is 123 Å². The molecule has 0 saturated carbocycles. The highest BCUT2D eigenvalue weighted by molar-refractivity contribution is 6.10. The number of hydrogen-bond acceptors (Lipinski definition) is 3. The third-order valence-electron chi connectivity index (χ3n) is 11.7. The lowest BCUT2D eigenvalue weighted by molar-refractivity contribution is 0.631. The maximum absolute atomic E-state index is 6.70. The Morgan fingerprint density at radius 1 is 0.654 bits per heavy atom. The molecule has 3 heterocycles. The summed E-state index contributed by atoms with van der Waals surface area (Å²) < 4.78 is 6.70. The molecule has 8 aromatic rings. The highest BCUT2D eigenvalue weighted by Gasteiger charge is 2.47. The number of hydrogen-bond donors (Lipinski definition) is 0. The molecule has 0 N–H and O–H groups in total. The first-order chi connectivity index (χ1) is 25.6. The van der Waals surface area contributed by atoms with Gasteiger partial charge in [-0.15, -0.1) is 0 Å². The van der Waals surface area contributed by atoms with Gasteiger partial charge in [0.15, 0.2) is 0 Å². The summed E-state index contributed by atoms with van der Waals surface area (Å²) in [5, 5.41) is 4.87. The first-order valence-electron chi connectivity index (χ1n) is 18.3. The van der Waals surface area contributed by atoms with Crippen molar-refractivity contribution in [2.45, 2.75) is 31.6 Å². The highest BCUT2D eigenvalue weighted by Crippen LogP contribution is 2.62. The van der Waals surface area contributed by atoms with Crippen LogP contribution in [0.15, 0.2) is 174 Å². The normalized spacial score (nSPS) is 16.5. The van der Waals surface area contributed by atoms with E-state index >= 15 is 0 Å². The van der Waals surface area contributed by atoms with E-state index in [-0.39, 0.29) is 11.3 Å². The Kier molecular flexibility index (Phi) is 6.13. The number of para-hydroxylation sites is 2. The Balaban J connectivity index is 1.05. The fraction of sp³-hybridized carbons (Fsp3) is 0.102. The second-order valence-electron chi connectivity index (χ2n) is 14.9. The molecule has 3 nitrogen and oxygen atoms in total. The average Bonchev–Trinajstić information content (AvgIpc) is 3.74. The molecule has 0 bridgehead atoms. The van der Waals surface area contributed by atoms with E-state index in [9.17, 15) is 0 Å². The van der Waals surface area contributed by atoms with Crippen LogP contribution in [-0.4, -0.2) is 0 Å². The van der Waals surface area contributed by atoms with Gasteiger partial charge in [0.2, 0.25) is 0 Å². The third kappa shape index (κ3) is 4.08. The van der Waals surface area contributed by atoms with Crippen molar-refractivity contribution in [3.8, 4) is 11.1 Å². The van der Waals surface area contributed by atoms with E-state index < -0.39 is 0 Å². The summed E-state index contributed by atoms with van der Waals surface area (Å²) in [5.41, 5.74) is 15.6. The zero-order valence-corrected chi connectivity index (χ0v) is 29.2. The van der Waals surface area contributed by atoms with Crippen molar-refractivity contribution in [3.05, 3.63) is 186 Å². The second-order valence-corrected chi connectivity index (χ2v) is 14.9. The van der Waals surface area contributed by atoms with Crippen LogP contribution in [0.1, 0.15) is 42.9 Å². The van der Waals surface area contributed by atoms with E-state index in [0.717, 1.165) is 29.0 Å². The van der Waals surface area contributed by atoms with Crippen LogP contribution in [0, 0.1) is 0 Å². The molecule has 1 unspecified atom stereocenters. The molecule has 0 spiro atoms. The smallest absolute Gasteiger partial charge is 0.141 e. The molecule has 1 aromatic heterocycles. The lowest BCUT2D eigenvalue weighted by Crippen LogP contribution is -2.31. The Morgan fingerprint density at radius 2 is 1.38 bits per heavy atom. The van der Waals surface area contributed by atoms with Crippen molar-refractivity contribution in [1.29, 1.82) is 0 Å². The first kappa shape index (κ1) is 29.4. The number of benzene rings is 7. The topological polar surface area (TPSA) is 19.6 Å². The van der Waals surface area contributed by atoms with E-state index in [0.29, 0.717) is 0 Å². The van der Waals surface area contributed by atoms with Crippen molar-refractivity contribution in [3.63, 3.8) is 0 Å². The highest BCUT2D eigenvalue weighted by atomic mass is 16.3. The van der Waals surface area contributed by atoms with Gasteiger partial charge < -0.3 is 14.2 Å². The third-order valence-corrected chi connectivity index (χ3v) is 11.7. The molecule has 248 valence electrons. The summed E-state index contributed by atoms with van der Waals surface area (Å²) in [6, 6.07) is 53.0. The Labute approximate surface area is 303 Å². The van der Waals surface area contributed by atoms with E-state index in [2.05, 4.69) is 187 Å². The van der Waals surface area contributed by atoms with Gasteiger partial charge in [0.05, 0.1) is 17.1 Å². The monoisotopic (exact) mass is 668 g/mol. The fourth-order valence-electron chi connectivity index (χ4n) is 9.20. The molecule has 0 fully saturated rings. The summed E-state index contributed by atoms with van der Waals surface area (Å²) in [5.74, 6) is 0.255. The zero-order valence-electron chi connectivity index (χ0n) is 29.2. The van der Waals surface area contributed by atoms with Gasteiger partial charge in [0.1, 0.15) is 11.2 Å². The number of nitrogens with zero attached hydrogens (tertiary/aromatic N) is 2. The van der Waals surface area contributed by atoms with Crippen molar-refractivity contribution in [2.24, 2.45) is 0 Å². The quantitative estimate of drug-likeness (QED) is 0.186. The minimum Gasteiger partial charge on any atom is -0.456 e. The predicted octanol–water partition coefficient (Wildman–Crippen LogP) is 13.6. The predicted molar refractivity (Wildman–Crippen MR) is 217 cm³/mol. The maximum Gasteiger partial charge on any atom is 0.141 e. The second kappa shape index (κ2) is 10.8. The van der Waals surface area contributed by atoms with Crippen molar-refractivity contribution < 1.29 is 4.42 Å². The van der Waals surface area contributed by atoms with Crippen molar-refractivity contribution >= 4 is 61.1 Å². The molecule has 2 aliphatic heterocycles. The van der Waals surface area contributed by atoms with Crippen LogP contribution in [0.25, 0.3) is 43.8 Å². The van der Waals surface area contributed by atoms with Crippen LogP contribution in [0.2, 0.25) is 0 Å². The molecule has 1 atom stereocenters. The molecular formula is C49H36N2O. The minimum atomic E-state index is -0.193. The molecule has 1 aliphatic carbocycles. The van der Waals surface area contributed by atoms with E-state index in [1.54, 1.807) is 0 Å². The molecule has 3 aliphatic rings. The number of fused-ring (bicyclic) bond motifs is 10. The lowest BCUT2D eigenvalue weighted by Gasteiger charge is -2.41. The van der Waals surface area contributed by atoms with Gasteiger partial charge >= 0.3 is 0 Å². The summed E-state index contributed by atoms with van der Waals surface area (Å²) >= 11 is 0. The van der Waals surface area contributed by atoms with Crippen molar-refractivity contribution in [2.75, 3.05) is 9.80 Å². The summed E-state index contributed by atoms with van der Waals surface area (Å²) in [4.78, 5) is 4.92. The number of rotatable bonds is 4. The van der Waals surface area contributed by atoms with Gasteiger partial charge in [0, 0.05) is 50.1 Å². The molecule has 0 radical (unpaired) electrons. The molecule has 7 aromatic carbocycles. The lowest BCUT2D eigenvalue weighted by atomic mass is 9.72. The summed E-state index contributed by atoms with van der Waals surface area (Å²) in [7, 11) is 0. The first-order valence-corrected chi connectivity index (χ1v) is 18.3. The van der Waals surface area contributed by atoms with E-state index in [1.165, 1.54) is 72.1 Å². The number of allylic oxidation sites excluding steroid dienone is 4. The Morgan fingerprint density at radius 3 is 2.25 bits per heavy atom. The maximum atomic E-state index is 6.70. The summed E-state index contributed by atoms with van der Waals surface area (Å²) in [6.45, 7) is 4.78. The molecular weight excluding hydrogens is 633 g/mol. The fourth-order valence-corrected chi connectivity index (χ4v) is 9.20. The van der Waals surface area contributed by atoms with E-state index in [4.69, 9.17) is 4.42 Å². The van der Waals surface area contributed by atoms with Gasteiger partial charge in [-0.05, 0) is 88.7 Å². The van der Waals surface area contributed by atoms with Gasteiger partial charge in [-0.25, -0.2) is 0 Å². The van der Waals surface area contributed by atoms with Crippen LogP contribution < -0.4 is 9.80 Å². The Hall–Kier alpha value is -6.32. The van der Waals surface area contributed by atoms with Crippen LogP contribution in [-0.2, 0) is 5.41 Å². The molecule has 52 heavy (non-hydrogen) atoms. The average molecular weight is 669 g/mol. The van der Waals surface area contributed by atoms with E-state index in [1.807, 2.05) is 0 Å². The molecule has 0 amide bonds. The van der Waals surface area contributed by atoms with Crippen molar-refractivity contribution in [1.82, 2.24) is 0 Å². The number of furan rings is 1. The SMILES string of the molecule is CC1(C)c2ccc(-c3ccc(N(c4ccccc4)c4cccc5ccccc45)cc3)cc2N2C3=CC=CCC3c3c2c1cc1c3oc2ccccc21. The Bertz CT molecular complexity index is 2800. The zero-order chi connectivity index (χ0) is 34.6. The van der Waals surface area contributed by atoms with Crippen LogP contribution >= 0.6 is 0 Å². The molecule has 3 heteroatoms. The largest absolute Gasteiger partial charge is 0.456 e. The van der Waals surface area contributed by atoms with Gasteiger partial charge in [0.25, 0.3) is 0 Å². The van der Waals surface area contributed by atoms with Crippen LogP contribution in [0.4, 0.5) is 28.4 Å². The minimum absolute atomic E-state index is 0.193. The standard InChI is InChI=1S/C49H36N2O/c1-49(2)40-28-25-33(31-23-26-35(27-24-31)50(34-15-4-3-5-16-34)42-21-12-14-32-13-6-7-17-36(32)42)29-44(40)51-43-20-10-8-19-38(43)46-47(51)41(49)30-39-37-18-9-11-22-45(37)52-48(39)46/h3-18,20-30,38H,19H2,1-2H3.